The van der Waals surface area contributed by atoms with E-state index in [0.29, 0.717) is 11.3 Å². The lowest BCUT2D eigenvalue weighted by Crippen LogP contribution is -1.96. The number of aryl methyl sites for hydroxylation is 2. The Morgan fingerprint density at radius 2 is 2.08 bits per heavy atom. The van der Waals surface area contributed by atoms with E-state index in [1.165, 1.54) is 0 Å². The minimum Gasteiger partial charge on any atom is -0.307 e. The molecule has 2 radical (unpaired) electrons. The monoisotopic (exact) mass is 164 g/mol. The fraction of sp³-hybridized carbons (Fsp3) is 0.500. The molecule has 4 heteroatoms. The molecule has 64 valence electrons. The summed E-state index contributed by atoms with van der Waals surface area (Å²) in [6.45, 7) is 5.75. The molecule has 0 atom stereocenters. The molecule has 0 amide bonds. The van der Waals surface area contributed by atoms with Gasteiger partial charge in [-0.05, 0) is 6.92 Å². The summed E-state index contributed by atoms with van der Waals surface area (Å²) in [5, 5.41) is 3.95. The van der Waals surface area contributed by atoms with E-state index >= 15 is 0 Å². The number of nitrogens with zero attached hydrogens (tertiary/aromatic N) is 2. The fourth-order valence-electron chi connectivity index (χ4n) is 0.842. The molecule has 1 aromatic heterocycles. The van der Waals surface area contributed by atoms with Crippen molar-refractivity contribution in [1.82, 2.24) is 9.78 Å². The van der Waals surface area contributed by atoms with Gasteiger partial charge in [0.25, 0.3) is 0 Å². The second kappa shape index (κ2) is 4.75. The Labute approximate surface area is 74.2 Å². The van der Waals surface area contributed by atoms with Crippen LogP contribution in [0.4, 0.5) is 0 Å². The highest BCUT2D eigenvalue weighted by Crippen LogP contribution is 2.02. The molecule has 0 N–H and O–H groups in total. The van der Waals surface area contributed by atoms with E-state index in [-0.39, 0.29) is 0 Å². The summed E-state index contributed by atoms with van der Waals surface area (Å²) in [5.41, 5.74) is 0.739. The number of rotatable bonds is 1. The van der Waals surface area contributed by atoms with Gasteiger partial charge in [-0.2, -0.15) is 5.10 Å². The summed E-state index contributed by atoms with van der Waals surface area (Å²) >= 11 is 0. The highest BCUT2D eigenvalue weighted by Gasteiger charge is 2.05. The molecule has 12 heavy (non-hydrogen) atoms. The highest BCUT2D eigenvalue weighted by atomic mass is 16.1. The quantitative estimate of drug-likeness (QED) is 0.581. The zero-order valence-electron chi connectivity index (χ0n) is 7.96. The lowest BCUT2D eigenvalue weighted by atomic mass is 9.96. The van der Waals surface area contributed by atoms with Gasteiger partial charge in [0.05, 0.1) is 5.69 Å². The predicted molar refractivity (Wildman–Crippen MR) is 49.4 cm³/mol. The Kier molecular flexibility index (Phi) is 4.33. The summed E-state index contributed by atoms with van der Waals surface area (Å²) in [5.74, 6) is 0. The van der Waals surface area contributed by atoms with Crippen molar-refractivity contribution in [2.75, 3.05) is 0 Å². The van der Waals surface area contributed by atoms with Crippen LogP contribution in [0.3, 0.4) is 0 Å². The smallest absolute Gasteiger partial charge is 0.175 e. The van der Waals surface area contributed by atoms with Crippen molar-refractivity contribution in [3.05, 3.63) is 17.5 Å². The molecule has 0 spiro atoms. The van der Waals surface area contributed by atoms with Gasteiger partial charge >= 0.3 is 0 Å². The second-order valence-electron chi connectivity index (χ2n) is 2.17. The molecule has 0 saturated heterocycles. The average molecular weight is 164 g/mol. The van der Waals surface area contributed by atoms with Crippen molar-refractivity contribution < 1.29 is 4.79 Å². The van der Waals surface area contributed by atoms with Crippen LogP contribution in [0.1, 0.15) is 29.9 Å². The lowest BCUT2D eigenvalue weighted by molar-refractivity contribution is 0.108. The minimum absolute atomic E-state index is 0.425. The van der Waals surface area contributed by atoms with Gasteiger partial charge in [-0.1, -0.05) is 13.8 Å². The maximum atomic E-state index is 10.6. The van der Waals surface area contributed by atoms with Crippen LogP contribution in [-0.2, 0) is 7.05 Å². The van der Waals surface area contributed by atoms with Crippen molar-refractivity contribution in [2.24, 2.45) is 7.05 Å². The number of aromatic nitrogens is 2. The van der Waals surface area contributed by atoms with Crippen LogP contribution in [-0.4, -0.2) is 23.3 Å². The van der Waals surface area contributed by atoms with E-state index < -0.39 is 5.68 Å². The van der Waals surface area contributed by atoms with Crippen LogP contribution in [0.15, 0.2) is 6.20 Å². The minimum atomic E-state index is -0.425. The van der Waals surface area contributed by atoms with E-state index in [9.17, 15) is 4.79 Å². The number of carbonyl (C=O) groups excluding carboxylic acids is 1. The average Bonchev–Trinajstić information content (AvgIpc) is 2.34. The summed E-state index contributed by atoms with van der Waals surface area (Å²) in [4.78, 5) is 10.6. The standard InChI is InChI=1S/C6H7BN2O.C2H6/c1-4-5(6(7)10)3-9(2)8-4;1-2/h3H,1-2H3;1-2H3. The van der Waals surface area contributed by atoms with Crippen molar-refractivity contribution in [3.8, 4) is 0 Å². The van der Waals surface area contributed by atoms with Crippen molar-refractivity contribution in [2.45, 2.75) is 20.8 Å². The third-order valence-electron chi connectivity index (χ3n) is 1.28. The molecule has 0 bridgehead atoms. The fourth-order valence-corrected chi connectivity index (χ4v) is 0.842. The largest absolute Gasteiger partial charge is 0.307 e. The molecule has 0 aliphatic rings. The molecular formula is C8H13BN2O. The van der Waals surface area contributed by atoms with Crippen LogP contribution < -0.4 is 0 Å². The SMILES string of the molecule is CC.[B]C(=O)c1cn(C)nc1C. The summed E-state index contributed by atoms with van der Waals surface area (Å²) in [6, 6.07) is 0. The first-order valence-corrected chi connectivity index (χ1v) is 3.91. The summed E-state index contributed by atoms with van der Waals surface area (Å²) in [7, 11) is 6.79. The van der Waals surface area contributed by atoms with Crippen molar-refractivity contribution >= 4 is 13.5 Å². The van der Waals surface area contributed by atoms with E-state index in [2.05, 4.69) is 5.10 Å². The zero-order valence-corrected chi connectivity index (χ0v) is 7.96. The first kappa shape index (κ1) is 10.9. The Bertz CT molecular complexity index is 268. The molecule has 0 fully saturated rings. The lowest BCUT2D eigenvalue weighted by Gasteiger charge is -1.86. The topological polar surface area (TPSA) is 34.9 Å². The van der Waals surface area contributed by atoms with Crippen LogP contribution in [0, 0.1) is 6.92 Å². The number of hydrogen-bond acceptors (Lipinski definition) is 2. The van der Waals surface area contributed by atoms with Gasteiger partial charge in [-0.25, -0.2) is 0 Å². The molecule has 0 aromatic carbocycles. The van der Waals surface area contributed by atoms with E-state index in [1.807, 2.05) is 13.8 Å². The van der Waals surface area contributed by atoms with Crippen molar-refractivity contribution in [1.29, 1.82) is 0 Å². The molecule has 1 aromatic rings. The maximum Gasteiger partial charge on any atom is 0.175 e. The predicted octanol–water partition coefficient (Wildman–Crippen LogP) is 1.06. The molecule has 3 nitrogen and oxygen atoms in total. The van der Waals surface area contributed by atoms with Crippen LogP contribution in [0.5, 0.6) is 0 Å². The molecule has 1 heterocycles. The highest BCUT2D eigenvalue weighted by molar-refractivity contribution is 6.62. The summed E-state index contributed by atoms with van der Waals surface area (Å²) in [6.07, 6.45) is 1.61. The van der Waals surface area contributed by atoms with Gasteiger partial charge in [0.1, 0.15) is 5.68 Å². The van der Waals surface area contributed by atoms with Gasteiger partial charge < -0.3 is 4.79 Å². The Morgan fingerprint density at radius 1 is 1.58 bits per heavy atom. The second-order valence-corrected chi connectivity index (χ2v) is 2.17. The van der Waals surface area contributed by atoms with Gasteiger partial charge in [-0.3, -0.25) is 4.68 Å². The molecule has 0 aliphatic heterocycles. The Morgan fingerprint density at radius 3 is 2.25 bits per heavy atom. The number of carbonyl (C=O) groups is 1. The third kappa shape index (κ3) is 2.53. The Balaban J connectivity index is 0.000000561. The number of hydrogen-bond donors (Lipinski definition) is 0. The van der Waals surface area contributed by atoms with E-state index in [4.69, 9.17) is 7.85 Å². The third-order valence-corrected chi connectivity index (χ3v) is 1.28. The molecule has 1 rings (SSSR count). The first-order chi connectivity index (χ1) is 5.61. The molecule has 0 saturated carbocycles. The van der Waals surface area contributed by atoms with E-state index in [0.717, 1.165) is 0 Å². The first-order valence-electron chi connectivity index (χ1n) is 3.91. The normalized spacial score (nSPS) is 8.67. The van der Waals surface area contributed by atoms with Crippen LogP contribution in [0.2, 0.25) is 0 Å². The maximum absolute atomic E-state index is 10.6. The van der Waals surface area contributed by atoms with Gasteiger partial charge in [0.2, 0.25) is 0 Å². The van der Waals surface area contributed by atoms with Crippen LogP contribution in [0.25, 0.3) is 0 Å². The van der Waals surface area contributed by atoms with Gasteiger partial charge in [0, 0.05) is 18.8 Å². The molecule has 0 unspecified atom stereocenters. The van der Waals surface area contributed by atoms with Crippen LogP contribution >= 0.6 is 0 Å². The van der Waals surface area contributed by atoms with E-state index in [1.54, 1.807) is 24.9 Å². The molecular weight excluding hydrogens is 151 g/mol. The van der Waals surface area contributed by atoms with Gasteiger partial charge in [0.15, 0.2) is 7.85 Å². The summed E-state index contributed by atoms with van der Waals surface area (Å²) < 4.78 is 1.56. The van der Waals surface area contributed by atoms with Gasteiger partial charge in [-0.15, -0.1) is 0 Å². The van der Waals surface area contributed by atoms with Crippen molar-refractivity contribution in [3.63, 3.8) is 0 Å². The Hall–Kier alpha value is -1.06. The zero-order chi connectivity index (χ0) is 9.72. The molecule has 0 aliphatic carbocycles.